The summed E-state index contributed by atoms with van der Waals surface area (Å²) in [5, 5.41) is 3.08. The molecule has 0 aliphatic carbocycles. The molecule has 0 amide bonds. The number of aromatic nitrogens is 3. The molecule has 0 radical (unpaired) electrons. The fourth-order valence-electron chi connectivity index (χ4n) is 1.71. The molecule has 0 fully saturated rings. The molecule has 4 heteroatoms. The van der Waals surface area contributed by atoms with E-state index >= 15 is 0 Å². The SMILES string of the molecule is CNc1nc(C)cn1Cc1ncccc1C. The Balaban J connectivity index is 2.30. The number of nitrogens with zero attached hydrogens (tertiary/aromatic N) is 3. The van der Waals surface area contributed by atoms with Gasteiger partial charge in [0.1, 0.15) is 0 Å². The number of hydrogen-bond acceptors (Lipinski definition) is 3. The molecule has 84 valence electrons. The molecule has 0 spiro atoms. The van der Waals surface area contributed by atoms with Crippen molar-refractivity contribution in [2.24, 2.45) is 0 Å². The van der Waals surface area contributed by atoms with Crippen LogP contribution in [0, 0.1) is 13.8 Å². The summed E-state index contributed by atoms with van der Waals surface area (Å²) < 4.78 is 2.07. The van der Waals surface area contributed by atoms with Gasteiger partial charge in [0.15, 0.2) is 0 Å². The second-order valence-electron chi connectivity index (χ2n) is 3.85. The highest BCUT2D eigenvalue weighted by molar-refractivity contribution is 5.29. The Morgan fingerprint density at radius 2 is 2.19 bits per heavy atom. The first-order valence-electron chi connectivity index (χ1n) is 5.32. The average Bonchev–Trinajstić information content (AvgIpc) is 2.62. The smallest absolute Gasteiger partial charge is 0.203 e. The third-order valence-electron chi connectivity index (χ3n) is 2.56. The van der Waals surface area contributed by atoms with Crippen molar-refractivity contribution in [3.63, 3.8) is 0 Å². The standard InChI is InChI=1S/C12H16N4/c1-9-5-4-6-14-11(9)8-16-7-10(2)15-12(16)13-3/h4-7H,8H2,1-3H3,(H,13,15). The molecule has 16 heavy (non-hydrogen) atoms. The van der Waals surface area contributed by atoms with E-state index in [1.54, 1.807) is 0 Å². The zero-order valence-electron chi connectivity index (χ0n) is 9.86. The van der Waals surface area contributed by atoms with E-state index in [9.17, 15) is 0 Å². The second-order valence-corrected chi connectivity index (χ2v) is 3.85. The lowest BCUT2D eigenvalue weighted by molar-refractivity contribution is 0.773. The van der Waals surface area contributed by atoms with Crippen molar-refractivity contribution in [1.29, 1.82) is 0 Å². The molecule has 2 heterocycles. The van der Waals surface area contributed by atoms with Gasteiger partial charge in [-0.3, -0.25) is 4.98 Å². The summed E-state index contributed by atoms with van der Waals surface area (Å²) in [6.45, 7) is 4.82. The van der Waals surface area contributed by atoms with E-state index in [0.717, 1.165) is 23.9 Å². The molecule has 0 aromatic carbocycles. The Hall–Kier alpha value is -1.84. The first-order chi connectivity index (χ1) is 7.70. The van der Waals surface area contributed by atoms with Crippen molar-refractivity contribution in [3.8, 4) is 0 Å². The van der Waals surface area contributed by atoms with Gasteiger partial charge in [0.05, 0.1) is 17.9 Å². The minimum absolute atomic E-state index is 0.754. The number of imidazole rings is 1. The maximum Gasteiger partial charge on any atom is 0.203 e. The third kappa shape index (κ3) is 2.05. The summed E-state index contributed by atoms with van der Waals surface area (Å²) in [5.41, 5.74) is 3.30. The van der Waals surface area contributed by atoms with Crippen LogP contribution in [0.2, 0.25) is 0 Å². The normalized spacial score (nSPS) is 10.4. The van der Waals surface area contributed by atoms with Gasteiger partial charge in [0, 0.05) is 19.4 Å². The number of nitrogens with one attached hydrogen (secondary N) is 1. The summed E-state index contributed by atoms with van der Waals surface area (Å²) in [5.74, 6) is 0.877. The van der Waals surface area contributed by atoms with Gasteiger partial charge in [0.25, 0.3) is 0 Å². The lowest BCUT2D eigenvalue weighted by atomic mass is 10.2. The van der Waals surface area contributed by atoms with Crippen LogP contribution in [0.3, 0.4) is 0 Å². The van der Waals surface area contributed by atoms with E-state index in [1.165, 1.54) is 5.56 Å². The summed E-state index contributed by atoms with van der Waals surface area (Å²) >= 11 is 0. The van der Waals surface area contributed by atoms with E-state index in [-0.39, 0.29) is 0 Å². The highest BCUT2D eigenvalue weighted by Crippen LogP contribution is 2.12. The zero-order chi connectivity index (χ0) is 11.5. The molecule has 0 aliphatic rings. The van der Waals surface area contributed by atoms with Gasteiger partial charge < -0.3 is 9.88 Å². The molecule has 0 saturated carbocycles. The van der Waals surface area contributed by atoms with E-state index in [0.29, 0.717) is 0 Å². The van der Waals surface area contributed by atoms with Gasteiger partial charge in [-0.25, -0.2) is 4.98 Å². The van der Waals surface area contributed by atoms with Gasteiger partial charge in [-0.05, 0) is 25.5 Å². The Labute approximate surface area is 95.4 Å². The largest absolute Gasteiger partial charge is 0.359 e. The van der Waals surface area contributed by atoms with E-state index in [4.69, 9.17) is 0 Å². The molecule has 2 aromatic rings. The Kier molecular flexibility index (Phi) is 2.90. The number of hydrogen-bond donors (Lipinski definition) is 1. The van der Waals surface area contributed by atoms with E-state index < -0.39 is 0 Å². The number of anilines is 1. The molecule has 4 nitrogen and oxygen atoms in total. The summed E-state index contributed by atoms with van der Waals surface area (Å²) in [7, 11) is 1.88. The predicted octanol–water partition coefficient (Wildman–Crippen LogP) is 1.98. The third-order valence-corrected chi connectivity index (χ3v) is 2.56. The van der Waals surface area contributed by atoms with Crippen LogP contribution in [-0.4, -0.2) is 21.6 Å². The van der Waals surface area contributed by atoms with Crippen LogP contribution in [0.15, 0.2) is 24.5 Å². The van der Waals surface area contributed by atoms with Crippen LogP contribution in [0.5, 0.6) is 0 Å². The Bertz CT molecular complexity index is 488. The number of aryl methyl sites for hydroxylation is 2. The van der Waals surface area contributed by atoms with Crippen molar-refractivity contribution < 1.29 is 0 Å². The van der Waals surface area contributed by atoms with Crippen molar-refractivity contribution >= 4 is 5.95 Å². The second kappa shape index (κ2) is 4.35. The number of rotatable bonds is 3. The molecule has 0 saturated heterocycles. The lowest BCUT2D eigenvalue weighted by Gasteiger charge is -2.08. The van der Waals surface area contributed by atoms with E-state index in [1.807, 2.05) is 32.4 Å². The first kappa shape index (κ1) is 10.7. The first-order valence-corrected chi connectivity index (χ1v) is 5.32. The maximum absolute atomic E-state index is 4.38. The molecule has 0 atom stereocenters. The lowest BCUT2D eigenvalue weighted by Crippen LogP contribution is -2.06. The molecular formula is C12H16N4. The monoisotopic (exact) mass is 216 g/mol. The van der Waals surface area contributed by atoms with Crippen LogP contribution in [-0.2, 0) is 6.54 Å². The fraction of sp³-hybridized carbons (Fsp3) is 0.333. The zero-order valence-corrected chi connectivity index (χ0v) is 9.86. The van der Waals surface area contributed by atoms with Gasteiger partial charge in [0.2, 0.25) is 5.95 Å². The van der Waals surface area contributed by atoms with Crippen molar-refractivity contribution in [1.82, 2.24) is 14.5 Å². The quantitative estimate of drug-likeness (QED) is 0.853. The van der Waals surface area contributed by atoms with E-state index in [2.05, 4.69) is 32.8 Å². The Morgan fingerprint density at radius 3 is 2.88 bits per heavy atom. The number of pyridine rings is 1. The van der Waals surface area contributed by atoms with Crippen LogP contribution in [0.1, 0.15) is 17.0 Å². The Morgan fingerprint density at radius 1 is 1.38 bits per heavy atom. The van der Waals surface area contributed by atoms with Crippen LogP contribution in [0.4, 0.5) is 5.95 Å². The summed E-state index contributed by atoms with van der Waals surface area (Å²) in [6.07, 6.45) is 3.85. The molecular weight excluding hydrogens is 200 g/mol. The molecule has 1 N–H and O–H groups in total. The maximum atomic E-state index is 4.38. The van der Waals surface area contributed by atoms with Gasteiger partial charge >= 0.3 is 0 Å². The minimum Gasteiger partial charge on any atom is -0.359 e. The van der Waals surface area contributed by atoms with Gasteiger partial charge in [-0.2, -0.15) is 0 Å². The summed E-state index contributed by atoms with van der Waals surface area (Å²) in [4.78, 5) is 8.76. The molecule has 2 aromatic heterocycles. The molecule has 0 aliphatic heterocycles. The minimum atomic E-state index is 0.754. The van der Waals surface area contributed by atoms with Crippen LogP contribution < -0.4 is 5.32 Å². The van der Waals surface area contributed by atoms with Gasteiger partial charge in [-0.1, -0.05) is 6.07 Å². The molecule has 0 bridgehead atoms. The topological polar surface area (TPSA) is 42.7 Å². The van der Waals surface area contributed by atoms with Crippen molar-refractivity contribution in [3.05, 3.63) is 41.5 Å². The summed E-state index contributed by atoms with van der Waals surface area (Å²) in [6, 6.07) is 4.03. The van der Waals surface area contributed by atoms with Crippen molar-refractivity contribution in [2.45, 2.75) is 20.4 Å². The predicted molar refractivity (Wildman–Crippen MR) is 64.6 cm³/mol. The fourth-order valence-corrected chi connectivity index (χ4v) is 1.71. The van der Waals surface area contributed by atoms with Gasteiger partial charge in [-0.15, -0.1) is 0 Å². The highest BCUT2D eigenvalue weighted by atomic mass is 15.2. The molecule has 2 rings (SSSR count). The average molecular weight is 216 g/mol. The van der Waals surface area contributed by atoms with Crippen LogP contribution in [0.25, 0.3) is 0 Å². The molecule has 0 unspecified atom stereocenters. The van der Waals surface area contributed by atoms with Crippen molar-refractivity contribution in [2.75, 3.05) is 12.4 Å². The highest BCUT2D eigenvalue weighted by Gasteiger charge is 2.06. The van der Waals surface area contributed by atoms with Crippen LogP contribution >= 0.6 is 0 Å².